The van der Waals surface area contributed by atoms with Gasteiger partial charge < -0.3 is 5.32 Å². The minimum Gasteiger partial charge on any atom is -0.309 e. The Morgan fingerprint density at radius 3 is 2.56 bits per heavy atom. The van der Waals surface area contributed by atoms with Crippen LogP contribution in [0.4, 0.5) is 0 Å². The molecule has 0 radical (unpaired) electrons. The van der Waals surface area contributed by atoms with Gasteiger partial charge in [0, 0.05) is 31.7 Å². The zero-order chi connectivity index (χ0) is 10.8. The Balaban J connectivity index is 1.55. The lowest BCUT2D eigenvalue weighted by atomic mass is 9.79. The Bertz CT molecular complexity index is 223. The lowest BCUT2D eigenvalue weighted by Gasteiger charge is -2.47. The summed E-state index contributed by atoms with van der Waals surface area (Å²) in [6.07, 6.45) is 11.7. The lowest BCUT2D eigenvalue weighted by molar-refractivity contribution is 0.0746. The average molecular weight is 222 g/mol. The highest BCUT2D eigenvalue weighted by atomic mass is 15.2. The zero-order valence-corrected chi connectivity index (χ0v) is 10.5. The normalized spacial score (nSPS) is 31.5. The maximum Gasteiger partial charge on any atom is 0.0309 e. The van der Waals surface area contributed by atoms with E-state index >= 15 is 0 Å². The van der Waals surface area contributed by atoms with Crippen LogP contribution in [0.2, 0.25) is 0 Å². The molecule has 0 amide bonds. The number of piperazine rings is 1. The van der Waals surface area contributed by atoms with Crippen LogP contribution in [-0.2, 0) is 0 Å². The Morgan fingerprint density at radius 2 is 1.88 bits per heavy atom. The molecule has 1 aliphatic heterocycles. The Hall–Kier alpha value is -0.0800. The molecule has 1 heterocycles. The Kier molecular flexibility index (Phi) is 3.21. The van der Waals surface area contributed by atoms with Gasteiger partial charge in [0.2, 0.25) is 0 Å². The highest BCUT2D eigenvalue weighted by Gasteiger charge is 2.36. The van der Waals surface area contributed by atoms with Crippen molar-refractivity contribution in [2.45, 2.75) is 56.9 Å². The van der Waals surface area contributed by atoms with Gasteiger partial charge in [-0.3, -0.25) is 4.90 Å². The van der Waals surface area contributed by atoms with Gasteiger partial charge >= 0.3 is 0 Å². The molecule has 2 nitrogen and oxygen atoms in total. The van der Waals surface area contributed by atoms with Gasteiger partial charge in [0.25, 0.3) is 0 Å². The van der Waals surface area contributed by atoms with E-state index in [1.807, 2.05) is 0 Å². The van der Waals surface area contributed by atoms with Crippen LogP contribution in [0.1, 0.15) is 51.4 Å². The van der Waals surface area contributed by atoms with Crippen LogP contribution < -0.4 is 5.32 Å². The van der Waals surface area contributed by atoms with Crippen LogP contribution in [0.25, 0.3) is 0 Å². The largest absolute Gasteiger partial charge is 0.309 e. The molecular weight excluding hydrogens is 196 g/mol. The van der Waals surface area contributed by atoms with Gasteiger partial charge in [-0.05, 0) is 31.6 Å². The van der Waals surface area contributed by atoms with Crippen molar-refractivity contribution in [1.82, 2.24) is 10.2 Å². The van der Waals surface area contributed by atoms with E-state index < -0.39 is 0 Å². The van der Waals surface area contributed by atoms with E-state index in [-0.39, 0.29) is 0 Å². The quantitative estimate of drug-likeness (QED) is 0.772. The fourth-order valence-electron chi connectivity index (χ4n) is 3.80. The number of hydrogen-bond acceptors (Lipinski definition) is 2. The van der Waals surface area contributed by atoms with Crippen molar-refractivity contribution in [3.05, 3.63) is 0 Å². The molecule has 1 saturated heterocycles. The molecule has 3 rings (SSSR count). The Labute approximate surface area is 99.8 Å². The molecule has 0 aromatic rings. The summed E-state index contributed by atoms with van der Waals surface area (Å²) in [6, 6.07) is 0. The van der Waals surface area contributed by atoms with Gasteiger partial charge in [-0.25, -0.2) is 0 Å². The lowest BCUT2D eigenvalue weighted by Crippen LogP contribution is -2.61. The first-order chi connectivity index (χ1) is 7.86. The zero-order valence-electron chi connectivity index (χ0n) is 10.5. The van der Waals surface area contributed by atoms with Crippen molar-refractivity contribution in [1.29, 1.82) is 0 Å². The standard InChI is InChI=1S/C14H26N2/c1-2-7-14(8-3-1)12-16(10-9-15-14)11-13-5-4-6-13/h13,15H,1-12H2. The second kappa shape index (κ2) is 4.66. The number of nitrogens with one attached hydrogen (secondary N) is 1. The molecule has 16 heavy (non-hydrogen) atoms. The molecule has 2 heteroatoms. The van der Waals surface area contributed by atoms with Gasteiger partial charge in [0.05, 0.1) is 0 Å². The van der Waals surface area contributed by atoms with Crippen LogP contribution in [0.5, 0.6) is 0 Å². The van der Waals surface area contributed by atoms with Crippen LogP contribution in [0.3, 0.4) is 0 Å². The predicted molar refractivity (Wildman–Crippen MR) is 67.6 cm³/mol. The van der Waals surface area contributed by atoms with E-state index in [1.165, 1.54) is 77.5 Å². The van der Waals surface area contributed by atoms with E-state index in [9.17, 15) is 0 Å². The molecule has 92 valence electrons. The van der Waals surface area contributed by atoms with Crippen LogP contribution in [0, 0.1) is 5.92 Å². The van der Waals surface area contributed by atoms with Gasteiger partial charge in [-0.2, -0.15) is 0 Å². The summed E-state index contributed by atoms with van der Waals surface area (Å²) in [5.74, 6) is 1.04. The summed E-state index contributed by atoms with van der Waals surface area (Å²) in [7, 11) is 0. The first kappa shape index (κ1) is 11.0. The molecule has 0 aromatic heterocycles. The summed E-state index contributed by atoms with van der Waals surface area (Å²) < 4.78 is 0. The molecule has 2 aliphatic carbocycles. The van der Waals surface area contributed by atoms with Crippen molar-refractivity contribution < 1.29 is 0 Å². The molecular formula is C14H26N2. The molecule has 0 unspecified atom stereocenters. The number of hydrogen-bond donors (Lipinski definition) is 1. The number of nitrogens with zero attached hydrogens (tertiary/aromatic N) is 1. The average Bonchev–Trinajstić information content (AvgIpc) is 2.25. The fourth-order valence-corrected chi connectivity index (χ4v) is 3.80. The summed E-state index contributed by atoms with van der Waals surface area (Å²) in [6.45, 7) is 5.25. The van der Waals surface area contributed by atoms with Crippen LogP contribution in [-0.4, -0.2) is 36.6 Å². The molecule has 3 fully saturated rings. The molecule has 3 aliphatic rings. The molecule has 1 spiro atoms. The van der Waals surface area contributed by atoms with E-state index in [4.69, 9.17) is 0 Å². The van der Waals surface area contributed by atoms with Crippen molar-refractivity contribution >= 4 is 0 Å². The van der Waals surface area contributed by atoms with Crippen molar-refractivity contribution in [2.75, 3.05) is 26.2 Å². The maximum absolute atomic E-state index is 3.83. The van der Waals surface area contributed by atoms with Gasteiger partial charge in [0.1, 0.15) is 0 Å². The SMILES string of the molecule is C1CCC2(CC1)CN(CC1CCC1)CCN2. The van der Waals surface area contributed by atoms with Crippen LogP contribution >= 0.6 is 0 Å². The fraction of sp³-hybridized carbons (Fsp3) is 1.00. The van der Waals surface area contributed by atoms with Gasteiger partial charge in [-0.15, -0.1) is 0 Å². The molecule has 0 aromatic carbocycles. The topological polar surface area (TPSA) is 15.3 Å². The Morgan fingerprint density at radius 1 is 1.06 bits per heavy atom. The summed E-state index contributed by atoms with van der Waals surface area (Å²) >= 11 is 0. The molecule has 0 atom stereocenters. The minimum atomic E-state index is 0.514. The first-order valence-electron chi connectivity index (χ1n) is 7.34. The predicted octanol–water partition coefficient (Wildman–Crippen LogP) is 2.39. The van der Waals surface area contributed by atoms with Gasteiger partial charge in [-0.1, -0.05) is 25.7 Å². The summed E-state index contributed by atoms with van der Waals surface area (Å²) in [5.41, 5.74) is 0.514. The molecule has 0 bridgehead atoms. The highest BCUT2D eigenvalue weighted by molar-refractivity contribution is 4.97. The van der Waals surface area contributed by atoms with E-state index in [1.54, 1.807) is 0 Å². The van der Waals surface area contributed by atoms with Crippen molar-refractivity contribution in [3.63, 3.8) is 0 Å². The minimum absolute atomic E-state index is 0.514. The van der Waals surface area contributed by atoms with E-state index in [0.29, 0.717) is 5.54 Å². The van der Waals surface area contributed by atoms with Crippen LogP contribution in [0.15, 0.2) is 0 Å². The maximum atomic E-state index is 3.83. The number of rotatable bonds is 2. The highest BCUT2D eigenvalue weighted by Crippen LogP contribution is 2.32. The molecule has 2 saturated carbocycles. The van der Waals surface area contributed by atoms with Gasteiger partial charge in [0.15, 0.2) is 0 Å². The second-order valence-corrected chi connectivity index (χ2v) is 6.30. The third-order valence-corrected chi connectivity index (χ3v) is 5.01. The third-order valence-electron chi connectivity index (χ3n) is 5.01. The van der Waals surface area contributed by atoms with E-state index in [0.717, 1.165) is 5.92 Å². The van der Waals surface area contributed by atoms with E-state index in [2.05, 4.69) is 10.2 Å². The first-order valence-corrected chi connectivity index (χ1v) is 7.34. The summed E-state index contributed by atoms with van der Waals surface area (Å²) in [5, 5.41) is 3.83. The third kappa shape index (κ3) is 2.28. The van der Waals surface area contributed by atoms with Crippen molar-refractivity contribution in [2.24, 2.45) is 5.92 Å². The second-order valence-electron chi connectivity index (χ2n) is 6.30. The monoisotopic (exact) mass is 222 g/mol. The van der Waals surface area contributed by atoms with Crippen molar-refractivity contribution in [3.8, 4) is 0 Å². The molecule has 1 N–H and O–H groups in total. The smallest absolute Gasteiger partial charge is 0.0309 e. The summed E-state index contributed by atoms with van der Waals surface area (Å²) in [4.78, 5) is 2.76.